The molecule has 0 radical (unpaired) electrons. The van der Waals surface area contributed by atoms with Gasteiger partial charge in [0.05, 0.1) is 26.0 Å². The van der Waals surface area contributed by atoms with Crippen molar-refractivity contribution in [3.63, 3.8) is 0 Å². The zero-order valence-electron chi connectivity index (χ0n) is 8.44. The monoisotopic (exact) mass is 206 g/mol. The van der Waals surface area contributed by atoms with Gasteiger partial charge in [0.25, 0.3) is 0 Å². The molecule has 4 heteroatoms. The van der Waals surface area contributed by atoms with Crippen molar-refractivity contribution in [3.8, 4) is 5.75 Å². The number of hydrogen-bond acceptors (Lipinski definition) is 4. The van der Waals surface area contributed by atoms with E-state index in [2.05, 4.69) is 4.74 Å². The molecule has 2 rings (SSSR count). The van der Waals surface area contributed by atoms with E-state index in [1.807, 2.05) is 0 Å². The third-order valence-electron chi connectivity index (χ3n) is 2.21. The number of ether oxygens (including phenoxy) is 2. The highest BCUT2D eigenvalue weighted by molar-refractivity contribution is 6.04. The lowest BCUT2D eigenvalue weighted by Crippen LogP contribution is -2.01. The Labute approximate surface area is 86.4 Å². The predicted octanol–water partition coefficient (Wildman–Crippen LogP) is 2.23. The molecular weight excluding hydrogens is 196 g/mol. The van der Waals surface area contributed by atoms with Crippen LogP contribution in [0.3, 0.4) is 0 Å². The van der Waals surface area contributed by atoms with Crippen LogP contribution in [-0.2, 0) is 4.74 Å². The fraction of sp³-hybridized carbons (Fsp3) is 0.182. The largest absolute Gasteiger partial charge is 0.493 e. The fourth-order valence-electron chi connectivity index (χ4n) is 1.49. The Balaban J connectivity index is 2.68. The van der Waals surface area contributed by atoms with Crippen LogP contribution in [0.2, 0.25) is 0 Å². The van der Waals surface area contributed by atoms with Crippen LogP contribution in [0, 0.1) is 0 Å². The lowest BCUT2D eigenvalue weighted by atomic mass is 10.1. The maximum atomic E-state index is 11.4. The summed E-state index contributed by atoms with van der Waals surface area (Å²) in [4.78, 5) is 11.4. The molecule has 1 aromatic heterocycles. The van der Waals surface area contributed by atoms with Gasteiger partial charge >= 0.3 is 5.97 Å². The number of carbonyl (C=O) groups is 1. The minimum atomic E-state index is -0.385. The number of carbonyl (C=O) groups excluding carboxylic acids is 1. The van der Waals surface area contributed by atoms with Crippen molar-refractivity contribution in [3.05, 3.63) is 30.0 Å². The molecule has 0 amide bonds. The summed E-state index contributed by atoms with van der Waals surface area (Å²) >= 11 is 0. The summed E-state index contributed by atoms with van der Waals surface area (Å²) in [6.07, 6.45) is 1.51. The average Bonchev–Trinajstić information content (AvgIpc) is 2.75. The highest BCUT2D eigenvalue weighted by Gasteiger charge is 2.14. The van der Waals surface area contributed by atoms with E-state index in [4.69, 9.17) is 9.15 Å². The Hall–Kier alpha value is -1.97. The second kappa shape index (κ2) is 3.65. The van der Waals surface area contributed by atoms with E-state index in [9.17, 15) is 4.79 Å². The molecule has 0 fully saturated rings. The zero-order chi connectivity index (χ0) is 10.8. The van der Waals surface area contributed by atoms with Gasteiger partial charge in [-0.25, -0.2) is 4.79 Å². The van der Waals surface area contributed by atoms with Crippen LogP contribution in [0.5, 0.6) is 5.75 Å². The number of furan rings is 1. The highest BCUT2D eigenvalue weighted by Crippen LogP contribution is 2.29. The number of hydrogen-bond donors (Lipinski definition) is 0. The van der Waals surface area contributed by atoms with Gasteiger partial charge in [0, 0.05) is 5.39 Å². The molecule has 0 aliphatic carbocycles. The first kappa shape index (κ1) is 9.58. The van der Waals surface area contributed by atoms with E-state index in [-0.39, 0.29) is 5.97 Å². The summed E-state index contributed by atoms with van der Waals surface area (Å²) in [5, 5.41) is 0.696. The lowest BCUT2D eigenvalue weighted by Gasteiger charge is -2.04. The number of methoxy groups -OCH3 is 2. The molecule has 0 bridgehead atoms. The molecule has 0 atom stereocenters. The van der Waals surface area contributed by atoms with E-state index in [0.29, 0.717) is 22.3 Å². The third-order valence-corrected chi connectivity index (χ3v) is 2.21. The first-order chi connectivity index (χ1) is 7.27. The van der Waals surface area contributed by atoms with Crippen molar-refractivity contribution in [2.24, 2.45) is 0 Å². The number of benzene rings is 1. The van der Waals surface area contributed by atoms with Gasteiger partial charge in [-0.2, -0.15) is 0 Å². The van der Waals surface area contributed by atoms with Crippen LogP contribution in [0.1, 0.15) is 10.4 Å². The van der Waals surface area contributed by atoms with E-state index >= 15 is 0 Å². The maximum absolute atomic E-state index is 11.4. The molecule has 0 saturated heterocycles. The van der Waals surface area contributed by atoms with E-state index in [1.165, 1.54) is 13.4 Å². The van der Waals surface area contributed by atoms with Gasteiger partial charge in [-0.05, 0) is 18.2 Å². The first-order valence-electron chi connectivity index (χ1n) is 4.40. The van der Waals surface area contributed by atoms with E-state index in [0.717, 1.165) is 0 Å². The average molecular weight is 206 g/mol. The number of esters is 1. The summed E-state index contributed by atoms with van der Waals surface area (Å²) in [6.45, 7) is 0. The minimum Gasteiger partial charge on any atom is -0.493 e. The molecule has 0 saturated carbocycles. The minimum absolute atomic E-state index is 0.385. The lowest BCUT2D eigenvalue weighted by molar-refractivity contribution is 0.0603. The summed E-state index contributed by atoms with van der Waals surface area (Å²) in [7, 11) is 2.90. The van der Waals surface area contributed by atoms with Crippen LogP contribution < -0.4 is 4.74 Å². The van der Waals surface area contributed by atoms with Gasteiger partial charge < -0.3 is 13.9 Å². The number of rotatable bonds is 2. The molecular formula is C11H10O4. The summed E-state index contributed by atoms with van der Waals surface area (Å²) in [5.74, 6) is 0.215. The van der Waals surface area contributed by atoms with Crippen molar-refractivity contribution in [1.29, 1.82) is 0 Å². The highest BCUT2D eigenvalue weighted by atomic mass is 16.5. The number of fused-ring (bicyclic) bond motifs is 1. The molecule has 1 aromatic carbocycles. The van der Waals surface area contributed by atoms with Gasteiger partial charge in [-0.3, -0.25) is 0 Å². The normalized spacial score (nSPS) is 10.3. The molecule has 2 aromatic rings. The van der Waals surface area contributed by atoms with Crippen LogP contribution in [-0.4, -0.2) is 20.2 Å². The predicted molar refractivity (Wildman–Crippen MR) is 54.1 cm³/mol. The SMILES string of the molecule is COC(=O)c1ccc(OC)c2occc12. The molecule has 78 valence electrons. The Morgan fingerprint density at radius 2 is 2.07 bits per heavy atom. The van der Waals surface area contributed by atoms with Crippen LogP contribution in [0.15, 0.2) is 28.9 Å². The van der Waals surface area contributed by atoms with Crippen LogP contribution in [0.4, 0.5) is 0 Å². The van der Waals surface area contributed by atoms with Crippen molar-refractivity contribution in [2.75, 3.05) is 14.2 Å². The van der Waals surface area contributed by atoms with Crippen LogP contribution in [0.25, 0.3) is 11.0 Å². The van der Waals surface area contributed by atoms with Crippen LogP contribution >= 0.6 is 0 Å². The van der Waals surface area contributed by atoms with Crippen molar-refractivity contribution in [2.45, 2.75) is 0 Å². The summed E-state index contributed by atoms with van der Waals surface area (Å²) < 4.78 is 15.0. The van der Waals surface area contributed by atoms with Gasteiger partial charge in [0.2, 0.25) is 0 Å². The van der Waals surface area contributed by atoms with Gasteiger partial charge in [0.15, 0.2) is 11.3 Å². The Morgan fingerprint density at radius 3 is 2.73 bits per heavy atom. The van der Waals surface area contributed by atoms with Gasteiger partial charge in [-0.15, -0.1) is 0 Å². The fourth-order valence-corrected chi connectivity index (χ4v) is 1.49. The quantitative estimate of drug-likeness (QED) is 0.707. The van der Waals surface area contributed by atoms with Gasteiger partial charge in [0.1, 0.15) is 0 Å². The second-order valence-electron chi connectivity index (χ2n) is 2.97. The molecule has 15 heavy (non-hydrogen) atoms. The Kier molecular flexibility index (Phi) is 2.33. The maximum Gasteiger partial charge on any atom is 0.338 e. The first-order valence-corrected chi connectivity index (χ1v) is 4.40. The van der Waals surface area contributed by atoms with Gasteiger partial charge in [-0.1, -0.05) is 0 Å². The Morgan fingerprint density at radius 1 is 1.27 bits per heavy atom. The smallest absolute Gasteiger partial charge is 0.338 e. The van der Waals surface area contributed by atoms with Crippen molar-refractivity contribution >= 4 is 16.9 Å². The van der Waals surface area contributed by atoms with Crippen molar-refractivity contribution < 1.29 is 18.7 Å². The third kappa shape index (κ3) is 1.44. The summed E-state index contributed by atoms with van der Waals surface area (Å²) in [6, 6.07) is 5.05. The molecule has 4 nitrogen and oxygen atoms in total. The molecule has 0 N–H and O–H groups in total. The van der Waals surface area contributed by atoms with E-state index < -0.39 is 0 Å². The molecule has 0 unspecified atom stereocenters. The molecule has 0 spiro atoms. The topological polar surface area (TPSA) is 48.7 Å². The zero-order valence-corrected chi connectivity index (χ0v) is 8.44. The molecule has 1 heterocycles. The Bertz CT molecular complexity index is 498. The standard InChI is InChI=1S/C11H10O4/c1-13-9-4-3-8(11(12)14-2)7-5-6-15-10(7)9/h3-6H,1-2H3. The second-order valence-corrected chi connectivity index (χ2v) is 2.97. The van der Waals surface area contributed by atoms with E-state index in [1.54, 1.807) is 25.3 Å². The molecule has 0 aliphatic heterocycles. The van der Waals surface area contributed by atoms with Crippen molar-refractivity contribution in [1.82, 2.24) is 0 Å². The molecule has 0 aliphatic rings. The summed E-state index contributed by atoms with van der Waals surface area (Å²) in [5.41, 5.74) is 1.03.